The molecule has 11 heteroatoms. The Labute approximate surface area is 211 Å². The van der Waals surface area contributed by atoms with E-state index in [0.29, 0.717) is 50.6 Å². The van der Waals surface area contributed by atoms with Crippen LogP contribution in [0.15, 0.2) is 42.5 Å². The maximum absolute atomic E-state index is 6.24. The molecule has 3 aromatic rings. The van der Waals surface area contributed by atoms with Crippen molar-refractivity contribution in [2.24, 2.45) is 22.9 Å². The highest BCUT2D eigenvalue weighted by atomic mass is 35.5. The fraction of sp³-hybridized carbons (Fsp3) is 0.458. The number of piperidine rings is 2. The van der Waals surface area contributed by atoms with Gasteiger partial charge < -0.3 is 38.1 Å². The van der Waals surface area contributed by atoms with Crippen LogP contribution >= 0.6 is 12.4 Å². The van der Waals surface area contributed by atoms with Gasteiger partial charge in [0.05, 0.1) is 0 Å². The maximum atomic E-state index is 6.24. The van der Waals surface area contributed by atoms with E-state index in [-0.39, 0.29) is 36.6 Å². The van der Waals surface area contributed by atoms with Gasteiger partial charge in [0.15, 0.2) is 0 Å². The zero-order chi connectivity index (χ0) is 23.7. The van der Waals surface area contributed by atoms with Gasteiger partial charge in [0.1, 0.15) is 0 Å². The van der Waals surface area contributed by atoms with E-state index in [1.807, 2.05) is 6.07 Å². The minimum Gasteiger partial charge on any atom is -0.350 e. The van der Waals surface area contributed by atoms with Crippen molar-refractivity contribution in [3.63, 3.8) is 0 Å². The zero-order valence-electron chi connectivity index (χ0n) is 19.8. The predicted octanol–water partition coefficient (Wildman–Crippen LogP) is 0.788. The minimum absolute atomic E-state index is 0. The van der Waals surface area contributed by atoms with Crippen LogP contribution in [0.25, 0.3) is 10.8 Å². The molecular weight excluding hydrogens is 464 g/mol. The van der Waals surface area contributed by atoms with Crippen molar-refractivity contribution >= 4 is 41.0 Å². The summed E-state index contributed by atoms with van der Waals surface area (Å²) in [6.07, 6.45) is 1.58. The molecule has 188 valence electrons. The van der Waals surface area contributed by atoms with Gasteiger partial charge in [0, 0.05) is 56.9 Å². The highest BCUT2D eigenvalue weighted by molar-refractivity contribution is 5.86. The summed E-state index contributed by atoms with van der Waals surface area (Å²) in [4.78, 5) is 18.4. The number of hydrogen-bond acceptors (Lipinski definition) is 10. The lowest BCUT2D eigenvalue weighted by atomic mass is 10.0. The van der Waals surface area contributed by atoms with Crippen molar-refractivity contribution in [2.45, 2.75) is 43.6 Å². The molecule has 0 amide bonds. The molecule has 9 N–H and O–H groups in total. The Morgan fingerprint density at radius 3 is 1.80 bits per heavy atom. The Morgan fingerprint density at radius 2 is 1.23 bits per heavy atom. The fourth-order valence-electron chi connectivity index (χ4n) is 5.02. The second-order valence-electron chi connectivity index (χ2n) is 9.57. The average Bonchev–Trinajstić information content (AvgIpc) is 2.81. The molecule has 2 fully saturated rings. The van der Waals surface area contributed by atoms with Gasteiger partial charge in [-0.25, -0.2) is 0 Å². The van der Waals surface area contributed by atoms with Gasteiger partial charge in [-0.2, -0.15) is 15.0 Å². The first kappa shape index (κ1) is 25.3. The number of nitrogens with one attached hydrogen (secondary N) is 1. The summed E-state index contributed by atoms with van der Waals surface area (Å²) in [7, 11) is 0. The molecule has 3 heterocycles. The van der Waals surface area contributed by atoms with E-state index in [0.717, 1.165) is 12.8 Å². The van der Waals surface area contributed by atoms with Crippen LogP contribution in [0.1, 0.15) is 18.4 Å². The summed E-state index contributed by atoms with van der Waals surface area (Å²) in [5.41, 5.74) is 26.1. The zero-order valence-corrected chi connectivity index (χ0v) is 20.6. The van der Waals surface area contributed by atoms with Crippen LogP contribution in [-0.2, 0) is 6.54 Å². The number of nitrogens with zero attached hydrogens (tertiary/aromatic N) is 5. The van der Waals surface area contributed by atoms with Crippen molar-refractivity contribution in [1.82, 2.24) is 15.0 Å². The van der Waals surface area contributed by atoms with Crippen LogP contribution in [0.3, 0.4) is 0 Å². The maximum Gasteiger partial charge on any atom is 0.232 e. The lowest BCUT2D eigenvalue weighted by Gasteiger charge is -2.37. The Kier molecular flexibility index (Phi) is 7.88. The average molecular weight is 499 g/mol. The molecule has 10 nitrogen and oxygen atoms in total. The van der Waals surface area contributed by atoms with Crippen molar-refractivity contribution < 1.29 is 0 Å². The Balaban J connectivity index is 0.00000289. The van der Waals surface area contributed by atoms with E-state index in [1.165, 1.54) is 16.3 Å². The molecule has 2 aliphatic rings. The molecule has 0 radical (unpaired) electrons. The van der Waals surface area contributed by atoms with Crippen molar-refractivity contribution in [1.29, 1.82) is 0 Å². The van der Waals surface area contributed by atoms with E-state index < -0.39 is 0 Å². The molecule has 2 saturated heterocycles. The molecule has 1 aromatic heterocycles. The first-order valence-corrected chi connectivity index (χ1v) is 11.9. The van der Waals surface area contributed by atoms with Crippen LogP contribution in [0.5, 0.6) is 0 Å². The standard InChI is InChI=1S/C24H34N10.ClH/c25-17-8-18(26)12-33(11-17)23-30-22(31-24(32-23)34-13-19(27)9-20(28)14-34)29-10-16-6-3-5-15-4-1-2-7-21(15)16;/h1-7,17-20H,8-14,25-28H2,(H,29,30,31,32);1H/t17-,18+,19-,20+;. The summed E-state index contributed by atoms with van der Waals surface area (Å²) in [6, 6.07) is 14.6. The lowest BCUT2D eigenvalue weighted by molar-refractivity contribution is 0.441. The molecule has 0 saturated carbocycles. The van der Waals surface area contributed by atoms with Gasteiger partial charge in [-0.1, -0.05) is 42.5 Å². The Bertz CT molecular complexity index is 1070. The minimum atomic E-state index is -0.0205. The van der Waals surface area contributed by atoms with Crippen LogP contribution < -0.4 is 38.1 Å². The van der Waals surface area contributed by atoms with E-state index >= 15 is 0 Å². The summed E-state index contributed by atoms with van der Waals surface area (Å²) in [6.45, 7) is 3.19. The third-order valence-electron chi connectivity index (χ3n) is 6.52. The first-order chi connectivity index (χ1) is 16.4. The van der Waals surface area contributed by atoms with Crippen LogP contribution in [0.4, 0.5) is 17.8 Å². The summed E-state index contributed by atoms with van der Waals surface area (Å²) in [5.74, 6) is 1.65. The summed E-state index contributed by atoms with van der Waals surface area (Å²) in [5, 5.41) is 5.82. The van der Waals surface area contributed by atoms with Crippen LogP contribution in [0.2, 0.25) is 0 Å². The molecule has 2 aliphatic heterocycles. The van der Waals surface area contributed by atoms with E-state index in [9.17, 15) is 0 Å². The van der Waals surface area contributed by atoms with Gasteiger partial charge in [-0.05, 0) is 29.2 Å². The third kappa shape index (κ3) is 5.91. The Hall–Kier alpha value is -2.76. The monoisotopic (exact) mass is 498 g/mol. The van der Waals surface area contributed by atoms with Gasteiger partial charge in [-0.3, -0.25) is 0 Å². The number of aromatic nitrogens is 3. The second kappa shape index (κ2) is 10.9. The van der Waals surface area contributed by atoms with Crippen molar-refractivity contribution in [2.75, 3.05) is 41.3 Å². The van der Waals surface area contributed by atoms with Gasteiger partial charge in [0.25, 0.3) is 0 Å². The number of nitrogens with two attached hydrogens (primary N) is 4. The number of fused-ring (bicyclic) bond motifs is 1. The topological polar surface area (TPSA) is 161 Å². The van der Waals surface area contributed by atoms with Crippen molar-refractivity contribution in [3.8, 4) is 0 Å². The second-order valence-corrected chi connectivity index (χ2v) is 9.57. The largest absolute Gasteiger partial charge is 0.350 e. The molecule has 2 aromatic carbocycles. The smallest absolute Gasteiger partial charge is 0.232 e. The fourth-order valence-corrected chi connectivity index (χ4v) is 5.02. The summed E-state index contributed by atoms with van der Waals surface area (Å²) >= 11 is 0. The van der Waals surface area contributed by atoms with E-state index in [1.54, 1.807) is 0 Å². The number of benzene rings is 2. The molecule has 0 bridgehead atoms. The molecule has 0 aliphatic carbocycles. The lowest BCUT2D eigenvalue weighted by Crippen LogP contribution is -2.54. The molecule has 4 atom stereocenters. The first-order valence-electron chi connectivity index (χ1n) is 11.9. The van der Waals surface area contributed by atoms with E-state index in [2.05, 4.69) is 51.5 Å². The Morgan fingerprint density at radius 1 is 0.714 bits per heavy atom. The highest BCUT2D eigenvalue weighted by Gasteiger charge is 2.28. The SMILES string of the molecule is Cl.N[C@@H]1C[C@H](N)CN(c2nc(NCc3cccc4ccccc34)nc(N3C[C@H](N)C[C@H](N)C3)n2)C1. The summed E-state index contributed by atoms with van der Waals surface area (Å²) < 4.78 is 0. The van der Waals surface area contributed by atoms with Crippen LogP contribution in [0, 0.1) is 0 Å². The van der Waals surface area contributed by atoms with Gasteiger partial charge >= 0.3 is 0 Å². The van der Waals surface area contributed by atoms with Crippen LogP contribution in [-0.4, -0.2) is 65.3 Å². The number of anilines is 3. The predicted molar refractivity (Wildman–Crippen MR) is 144 cm³/mol. The van der Waals surface area contributed by atoms with E-state index in [4.69, 9.17) is 37.9 Å². The number of halogens is 1. The molecule has 5 rings (SSSR count). The normalized spacial score (nSPS) is 24.8. The molecule has 35 heavy (non-hydrogen) atoms. The third-order valence-corrected chi connectivity index (χ3v) is 6.52. The molecule has 0 spiro atoms. The van der Waals surface area contributed by atoms with Gasteiger partial charge in [-0.15, -0.1) is 12.4 Å². The number of hydrogen-bond donors (Lipinski definition) is 5. The van der Waals surface area contributed by atoms with Crippen molar-refractivity contribution in [3.05, 3.63) is 48.0 Å². The highest BCUT2D eigenvalue weighted by Crippen LogP contribution is 2.23. The number of rotatable bonds is 5. The molecular formula is C24H35ClN10. The van der Waals surface area contributed by atoms with Gasteiger partial charge in [0.2, 0.25) is 17.8 Å². The quantitative estimate of drug-likeness (QED) is 0.340. The molecule has 0 unspecified atom stereocenters.